The molecule has 5 aromatic carbocycles. The largest absolute Gasteiger partial charge is 0.310 e. The average Bonchev–Trinajstić information content (AvgIpc) is 3.65. The summed E-state index contributed by atoms with van der Waals surface area (Å²) < 4.78 is 2.97. The average molecular weight is 984 g/mol. The number of hydrogen-bond acceptors (Lipinski definition) is 2. The van der Waals surface area contributed by atoms with Crippen LogP contribution in [0.25, 0.3) is 21.2 Å². The van der Waals surface area contributed by atoms with Crippen LogP contribution in [-0.2, 0) is 38.9 Å². The summed E-state index contributed by atoms with van der Waals surface area (Å²) in [7, 11) is 0. The van der Waals surface area contributed by atoms with E-state index in [1.807, 2.05) is 0 Å². The molecule has 11 rings (SSSR count). The smallest absolute Gasteiger partial charge is 0.260 e. The molecule has 0 radical (unpaired) electrons. The molecular formula is C70H86BNS. The summed E-state index contributed by atoms with van der Waals surface area (Å²) in [5.74, 6) is 0.983. The van der Waals surface area contributed by atoms with Gasteiger partial charge in [-0.3, -0.25) is 0 Å². The van der Waals surface area contributed by atoms with Gasteiger partial charge in [-0.2, -0.15) is 0 Å². The summed E-state index contributed by atoms with van der Waals surface area (Å²) in [4.78, 5) is 2.80. The second-order valence-corrected chi connectivity index (χ2v) is 30.7. The van der Waals surface area contributed by atoms with Gasteiger partial charge in [0.15, 0.2) is 0 Å². The highest BCUT2D eigenvalue weighted by Crippen LogP contribution is 2.54. The number of nitrogens with zero attached hydrogens (tertiary/aromatic N) is 1. The molecular weight excluding hydrogens is 898 g/mol. The Hall–Kier alpha value is -4.60. The van der Waals surface area contributed by atoms with E-state index in [-0.39, 0.29) is 56.5 Å². The molecule has 0 fully saturated rings. The maximum absolute atomic E-state index is 2.81. The van der Waals surface area contributed by atoms with Crippen LogP contribution in [0.3, 0.4) is 0 Å². The lowest BCUT2D eigenvalue weighted by Crippen LogP contribution is -2.58. The number of anilines is 2. The summed E-state index contributed by atoms with van der Waals surface area (Å²) >= 11 is 2.12. The second-order valence-electron chi connectivity index (χ2n) is 29.6. The minimum Gasteiger partial charge on any atom is -0.310 e. The van der Waals surface area contributed by atoms with Crippen LogP contribution >= 0.6 is 11.3 Å². The molecule has 3 unspecified atom stereocenters. The first-order valence-electron chi connectivity index (χ1n) is 28.3. The summed E-state index contributed by atoms with van der Waals surface area (Å²) in [6, 6.07) is 35.1. The van der Waals surface area contributed by atoms with E-state index in [4.69, 9.17) is 0 Å². The van der Waals surface area contributed by atoms with E-state index in [9.17, 15) is 0 Å². The van der Waals surface area contributed by atoms with Crippen molar-refractivity contribution in [3.63, 3.8) is 0 Å². The van der Waals surface area contributed by atoms with Crippen LogP contribution in [0, 0.1) is 11.3 Å². The van der Waals surface area contributed by atoms with E-state index >= 15 is 0 Å². The predicted octanol–water partition coefficient (Wildman–Crippen LogP) is 17.8. The number of allylic oxidation sites excluding steroid dienone is 3. The fourth-order valence-corrected chi connectivity index (χ4v) is 15.5. The third-order valence-corrected chi connectivity index (χ3v) is 20.8. The third-order valence-electron chi connectivity index (χ3n) is 19.5. The van der Waals surface area contributed by atoms with Gasteiger partial charge < -0.3 is 4.90 Å². The van der Waals surface area contributed by atoms with E-state index < -0.39 is 0 Å². The summed E-state index contributed by atoms with van der Waals surface area (Å²) in [5.41, 5.74) is 24.1. The first-order valence-corrected chi connectivity index (χ1v) is 29.1. The zero-order chi connectivity index (χ0) is 52.3. The number of fused-ring (bicyclic) bond motifs is 8. The fourth-order valence-electron chi connectivity index (χ4n) is 14.1. The Labute approximate surface area is 446 Å². The van der Waals surface area contributed by atoms with Crippen molar-refractivity contribution in [2.45, 2.75) is 207 Å². The molecule has 6 aromatic rings. The number of hydrogen-bond donors (Lipinski definition) is 0. The van der Waals surface area contributed by atoms with Crippen molar-refractivity contribution < 1.29 is 0 Å². The molecule has 73 heavy (non-hydrogen) atoms. The SMILES string of the molecule is CC1c2cc(C(C)(C)C)cc3c2B(c2cc4c(cc2C1Cc1ccc(C(C)(C)C)cc1-c1ccccc1)C(C)(C)CCC4(C)C)c1sc2cc4c(cc2c1N3C1=CCC(C(C)(C)C)C=C1)C(C)(C)CCC4(C)C. The lowest BCUT2D eigenvalue weighted by atomic mass is 9.36. The summed E-state index contributed by atoms with van der Waals surface area (Å²) in [6.45, 7) is 44.5. The molecule has 5 aliphatic rings. The van der Waals surface area contributed by atoms with E-state index in [1.165, 1.54) is 85.4 Å². The maximum Gasteiger partial charge on any atom is 0.260 e. The second kappa shape index (κ2) is 16.7. The Balaban J connectivity index is 1.26. The molecule has 3 aliphatic carbocycles. The van der Waals surface area contributed by atoms with Gasteiger partial charge in [0.2, 0.25) is 0 Å². The standard InChI is InChI=1S/C70H86BNS/c1-42-49(34-44-24-25-46(65(5,6)7)35-51(44)43-22-20-19-21-23-43)52-38-54-56(69(15,16)32-30-67(54,11)12)40-58(52)71-61-50(42)36-47(66(8,9)10)37-59(61)72(48-28-26-45(27-29-48)64(2,3)4)62-53-39-55-57(41-60(53)73-63(62)71)70(17,18)33-31-68(55,13)14/h19-26,28-29,35-42,45,49H,27,30-34H2,1-18H3. The normalized spacial score (nSPS) is 22.4. The van der Waals surface area contributed by atoms with Crippen molar-refractivity contribution in [1.29, 1.82) is 0 Å². The van der Waals surface area contributed by atoms with Gasteiger partial charge in [0.25, 0.3) is 6.71 Å². The Morgan fingerprint density at radius 3 is 1.79 bits per heavy atom. The lowest BCUT2D eigenvalue weighted by molar-refractivity contribution is 0.293. The van der Waals surface area contributed by atoms with E-state index in [2.05, 4.69) is 244 Å². The van der Waals surface area contributed by atoms with E-state index in [0.29, 0.717) is 5.92 Å². The lowest BCUT2D eigenvalue weighted by Gasteiger charge is -2.44. The van der Waals surface area contributed by atoms with Crippen molar-refractivity contribution in [2.24, 2.45) is 11.3 Å². The van der Waals surface area contributed by atoms with E-state index in [0.717, 1.165) is 12.8 Å². The van der Waals surface area contributed by atoms with Crippen molar-refractivity contribution in [3.05, 3.63) is 159 Å². The Morgan fingerprint density at radius 1 is 0.630 bits per heavy atom. The minimum absolute atomic E-state index is 0.0398. The molecule has 0 bridgehead atoms. The molecule has 0 amide bonds. The van der Waals surface area contributed by atoms with Crippen molar-refractivity contribution in [3.8, 4) is 11.1 Å². The van der Waals surface area contributed by atoms with Gasteiger partial charge in [0, 0.05) is 26.2 Å². The van der Waals surface area contributed by atoms with Crippen molar-refractivity contribution in [1.82, 2.24) is 0 Å². The topological polar surface area (TPSA) is 3.24 Å². The molecule has 3 heterocycles. The van der Waals surface area contributed by atoms with Crippen LogP contribution in [-0.4, -0.2) is 6.71 Å². The van der Waals surface area contributed by atoms with Crippen molar-refractivity contribution in [2.75, 3.05) is 4.90 Å². The maximum atomic E-state index is 2.81. The first kappa shape index (κ1) is 50.6. The molecule has 1 nitrogen and oxygen atoms in total. The third kappa shape index (κ3) is 8.30. The number of benzene rings is 5. The Bertz CT molecular complexity index is 3270. The van der Waals surface area contributed by atoms with E-state index in [1.54, 1.807) is 44.3 Å². The zero-order valence-corrected chi connectivity index (χ0v) is 49.0. The fraction of sp³-hybridized carbons (Fsp3) is 0.486. The number of rotatable bonds is 4. The minimum atomic E-state index is -0.0583. The van der Waals surface area contributed by atoms with Gasteiger partial charge in [-0.05, 0) is 185 Å². The Morgan fingerprint density at radius 2 is 1.22 bits per heavy atom. The number of thiophene rings is 1. The van der Waals surface area contributed by atoms with Gasteiger partial charge >= 0.3 is 0 Å². The summed E-state index contributed by atoms with van der Waals surface area (Å²) in [6.07, 6.45) is 14.5. The molecule has 2 aliphatic heterocycles. The highest BCUT2D eigenvalue weighted by atomic mass is 32.1. The molecule has 0 saturated carbocycles. The summed E-state index contributed by atoms with van der Waals surface area (Å²) in [5, 5.41) is 1.44. The molecule has 0 N–H and O–H groups in total. The van der Waals surface area contributed by atoms with Gasteiger partial charge in [0.1, 0.15) is 0 Å². The van der Waals surface area contributed by atoms with Crippen LogP contribution in [0.1, 0.15) is 219 Å². The molecule has 380 valence electrons. The molecule has 0 saturated heterocycles. The molecule has 3 atom stereocenters. The molecule has 1 aromatic heterocycles. The van der Waals surface area contributed by atoms with Crippen LogP contribution in [0.2, 0.25) is 0 Å². The van der Waals surface area contributed by atoms with Crippen molar-refractivity contribution >= 4 is 55.2 Å². The zero-order valence-electron chi connectivity index (χ0n) is 48.2. The van der Waals surface area contributed by atoms with Gasteiger partial charge in [0.05, 0.1) is 5.69 Å². The van der Waals surface area contributed by atoms with Gasteiger partial charge in [-0.1, -0.05) is 209 Å². The molecule has 3 heteroatoms. The predicted molar refractivity (Wildman–Crippen MR) is 321 cm³/mol. The van der Waals surface area contributed by atoms with Crippen LogP contribution in [0.5, 0.6) is 0 Å². The monoisotopic (exact) mass is 984 g/mol. The quantitative estimate of drug-likeness (QED) is 0.159. The first-order chi connectivity index (χ1) is 34.0. The van der Waals surface area contributed by atoms with Gasteiger partial charge in [-0.15, -0.1) is 11.3 Å². The van der Waals surface area contributed by atoms with Gasteiger partial charge in [-0.25, -0.2) is 0 Å². The highest BCUT2D eigenvalue weighted by molar-refractivity contribution is 7.33. The van der Waals surface area contributed by atoms with Crippen LogP contribution in [0.4, 0.5) is 11.4 Å². The Kier molecular flexibility index (Phi) is 11.6. The van der Waals surface area contributed by atoms with Crippen LogP contribution < -0.4 is 20.6 Å². The van der Waals surface area contributed by atoms with Crippen LogP contribution in [0.15, 0.2) is 109 Å². The molecule has 0 spiro atoms. The highest BCUT2D eigenvalue weighted by Gasteiger charge is 2.49.